The molecule has 21 heavy (non-hydrogen) atoms. The van der Waals surface area contributed by atoms with E-state index in [-0.39, 0.29) is 11.8 Å². The summed E-state index contributed by atoms with van der Waals surface area (Å²) in [5, 5.41) is 3.14. The molecule has 0 aliphatic carbocycles. The second-order valence-corrected chi connectivity index (χ2v) is 4.62. The van der Waals surface area contributed by atoms with Crippen LogP contribution < -0.4 is 10.1 Å². The highest BCUT2D eigenvalue weighted by molar-refractivity contribution is 5.29. The van der Waals surface area contributed by atoms with Crippen LogP contribution in [0.25, 0.3) is 0 Å². The highest BCUT2D eigenvalue weighted by atomic mass is 19.4. The second kappa shape index (κ2) is 6.17. The number of alkyl halides is 3. The molecular formula is C14H16F3N3O. The van der Waals surface area contributed by atoms with Crippen molar-refractivity contribution in [1.82, 2.24) is 14.9 Å². The van der Waals surface area contributed by atoms with E-state index in [0.29, 0.717) is 6.42 Å². The summed E-state index contributed by atoms with van der Waals surface area (Å²) in [4.78, 5) is 4.24. The lowest BCUT2D eigenvalue weighted by Gasteiger charge is -2.17. The maximum Gasteiger partial charge on any atom is 0.573 e. The zero-order chi connectivity index (χ0) is 15.5. The van der Waals surface area contributed by atoms with Crippen LogP contribution in [0.5, 0.6) is 5.75 Å². The summed E-state index contributed by atoms with van der Waals surface area (Å²) in [6.45, 7) is 0. The quantitative estimate of drug-likeness (QED) is 0.922. The molecule has 0 amide bonds. The molecule has 0 spiro atoms. The fourth-order valence-electron chi connectivity index (χ4n) is 2.06. The summed E-state index contributed by atoms with van der Waals surface area (Å²) < 4.78 is 42.1. The van der Waals surface area contributed by atoms with Gasteiger partial charge < -0.3 is 14.6 Å². The van der Waals surface area contributed by atoms with E-state index in [0.717, 1.165) is 11.4 Å². The third-order valence-electron chi connectivity index (χ3n) is 3.17. The fourth-order valence-corrected chi connectivity index (χ4v) is 2.06. The number of aryl methyl sites for hydroxylation is 1. The lowest BCUT2D eigenvalue weighted by atomic mass is 10.0. The molecule has 2 aromatic rings. The fraction of sp³-hybridized carbons (Fsp3) is 0.357. The highest BCUT2D eigenvalue weighted by Crippen LogP contribution is 2.25. The van der Waals surface area contributed by atoms with Crippen molar-refractivity contribution in [2.24, 2.45) is 7.05 Å². The lowest BCUT2D eigenvalue weighted by Crippen LogP contribution is -2.21. The van der Waals surface area contributed by atoms with Crippen molar-refractivity contribution < 1.29 is 17.9 Å². The molecule has 114 valence electrons. The molecule has 1 aromatic heterocycles. The number of hydrogen-bond donors (Lipinski definition) is 1. The van der Waals surface area contributed by atoms with E-state index in [1.165, 1.54) is 12.1 Å². The third kappa shape index (κ3) is 4.22. The van der Waals surface area contributed by atoms with Crippen molar-refractivity contribution in [2.75, 3.05) is 7.05 Å². The largest absolute Gasteiger partial charge is 0.573 e. The van der Waals surface area contributed by atoms with Crippen LogP contribution in [0.4, 0.5) is 13.2 Å². The van der Waals surface area contributed by atoms with Crippen molar-refractivity contribution in [3.05, 3.63) is 48.0 Å². The number of hydrogen-bond acceptors (Lipinski definition) is 3. The molecule has 7 heteroatoms. The minimum atomic E-state index is -4.67. The average Bonchev–Trinajstić information content (AvgIpc) is 2.81. The number of nitrogens with one attached hydrogen (secondary N) is 1. The zero-order valence-electron chi connectivity index (χ0n) is 11.7. The maximum atomic E-state index is 12.1. The Labute approximate surface area is 120 Å². The van der Waals surface area contributed by atoms with Crippen LogP contribution in [0.1, 0.15) is 17.4 Å². The number of benzene rings is 1. The number of rotatable bonds is 5. The number of imidazole rings is 1. The van der Waals surface area contributed by atoms with Crippen LogP contribution in [0.15, 0.2) is 36.7 Å². The van der Waals surface area contributed by atoms with Crippen LogP contribution in [-0.2, 0) is 13.5 Å². The second-order valence-electron chi connectivity index (χ2n) is 4.62. The van der Waals surface area contributed by atoms with E-state index in [4.69, 9.17) is 0 Å². The number of ether oxygens (including phenoxy) is 1. The Balaban J connectivity index is 2.10. The molecule has 0 fully saturated rings. The van der Waals surface area contributed by atoms with Crippen LogP contribution in [0, 0.1) is 0 Å². The van der Waals surface area contributed by atoms with Gasteiger partial charge in [-0.2, -0.15) is 0 Å². The minimum Gasteiger partial charge on any atom is -0.406 e. The topological polar surface area (TPSA) is 39.1 Å². The maximum absolute atomic E-state index is 12.1. The Bertz CT molecular complexity index is 578. The average molecular weight is 299 g/mol. The Kier molecular flexibility index (Phi) is 4.52. The van der Waals surface area contributed by atoms with Gasteiger partial charge in [0, 0.05) is 31.9 Å². The molecule has 0 aliphatic rings. The molecule has 1 aromatic carbocycles. The molecule has 2 rings (SSSR count). The number of halogens is 3. The summed E-state index contributed by atoms with van der Waals surface area (Å²) in [6, 6.07) is 5.82. The molecule has 0 bridgehead atoms. The Morgan fingerprint density at radius 2 is 1.95 bits per heavy atom. The summed E-state index contributed by atoms with van der Waals surface area (Å²) >= 11 is 0. The minimum absolute atomic E-state index is 0.0361. The molecule has 1 unspecified atom stereocenters. The van der Waals surface area contributed by atoms with Gasteiger partial charge in [-0.1, -0.05) is 12.1 Å². The molecular weight excluding hydrogens is 283 g/mol. The predicted octanol–water partition coefficient (Wildman–Crippen LogP) is 2.82. The SMILES string of the molecule is CNC(Cc1nccn1C)c1ccc(OC(F)(F)F)cc1. The van der Waals surface area contributed by atoms with Crippen molar-refractivity contribution >= 4 is 0 Å². The first-order valence-corrected chi connectivity index (χ1v) is 6.38. The molecule has 4 nitrogen and oxygen atoms in total. The Morgan fingerprint density at radius 3 is 2.43 bits per heavy atom. The first kappa shape index (κ1) is 15.4. The summed E-state index contributed by atoms with van der Waals surface area (Å²) in [7, 11) is 3.70. The third-order valence-corrected chi connectivity index (χ3v) is 3.17. The lowest BCUT2D eigenvalue weighted by molar-refractivity contribution is -0.274. The predicted molar refractivity (Wildman–Crippen MR) is 71.8 cm³/mol. The van der Waals surface area contributed by atoms with Gasteiger partial charge in [-0.15, -0.1) is 13.2 Å². The van der Waals surface area contributed by atoms with Crippen LogP contribution in [0.3, 0.4) is 0 Å². The standard InChI is InChI=1S/C14H16F3N3O/c1-18-12(9-13-19-7-8-20(13)2)10-3-5-11(6-4-10)21-14(15,16)17/h3-8,12,18H,9H2,1-2H3. The van der Waals surface area contributed by atoms with Crippen molar-refractivity contribution in [1.29, 1.82) is 0 Å². The smallest absolute Gasteiger partial charge is 0.406 e. The Morgan fingerprint density at radius 1 is 1.29 bits per heavy atom. The highest BCUT2D eigenvalue weighted by Gasteiger charge is 2.31. The molecule has 0 radical (unpaired) electrons. The van der Waals surface area contributed by atoms with Crippen molar-refractivity contribution in [2.45, 2.75) is 18.8 Å². The van der Waals surface area contributed by atoms with E-state index >= 15 is 0 Å². The van der Waals surface area contributed by atoms with E-state index in [2.05, 4.69) is 15.0 Å². The van der Waals surface area contributed by atoms with Gasteiger partial charge >= 0.3 is 6.36 Å². The molecule has 0 aliphatic heterocycles. The van der Waals surface area contributed by atoms with E-state index in [1.807, 2.05) is 17.8 Å². The molecule has 1 N–H and O–H groups in total. The summed E-state index contributed by atoms with van der Waals surface area (Å²) in [5.41, 5.74) is 0.870. The molecule has 0 saturated heterocycles. The van der Waals surface area contributed by atoms with Gasteiger partial charge in [0.05, 0.1) is 0 Å². The van der Waals surface area contributed by atoms with Crippen molar-refractivity contribution in [3.63, 3.8) is 0 Å². The van der Waals surface area contributed by atoms with E-state index in [1.54, 1.807) is 25.4 Å². The van der Waals surface area contributed by atoms with Gasteiger partial charge in [-0.25, -0.2) is 4.98 Å². The summed E-state index contributed by atoms with van der Waals surface area (Å²) in [6.07, 6.45) is -0.471. The van der Waals surface area contributed by atoms with Crippen LogP contribution in [0.2, 0.25) is 0 Å². The first-order chi connectivity index (χ1) is 9.89. The van der Waals surface area contributed by atoms with Gasteiger partial charge in [0.1, 0.15) is 11.6 Å². The van der Waals surface area contributed by atoms with Crippen molar-refractivity contribution in [3.8, 4) is 5.75 Å². The molecule has 1 atom stereocenters. The van der Waals surface area contributed by atoms with E-state index < -0.39 is 6.36 Å². The monoisotopic (exact) mass is 299 g/mol. The molecule has 1 heterocycles. The number of nitrogens with zero attached hydrogens (tertiary/aromatic N) is 2. The van der Waals surface area contributed by atoms with Crippen LogP contribution in [-0.4, -0.2) is 23.0 Å². The van der Waals surface area contributed by atoms with Crippen LogP contribution >= 0.6 is 0 Å². The number of likely N-dealkylation sites (N-methyl/N-ethyl adjacent to an activating group) is 1. The van der Waals surface area contributed by atoms with Gasteiger partial charge in [0.25, 0.3) is 0 Å². The van der Waals surface area contributed by atoms with Gasteiger partial charge in [0.2, 0.25) is 0 Å². The van der Waals surface area contributed by atoms with Gasteiger partial charge in [0.15, 0.2) is 0 Å². The molecule has 0 saturated carbocycles. The number of aromatic nitrogens is 2. The van der Waals surface area contributed by atoms with E-state index in [9.17, 15) is 13.2 Å². The zero-order valence-corrected chi connectivity index (χ0v) is 11.7. The first-order valence-electron chi connectivity index (χ1n) is 6.38. The van der Waals surface area contributed by atoms with Gasteiger partial charge in [-0.05, 0) is 24.7 Å². The summed E-state index contributed by atoms with van der Waals surface area (Å²) in [5.74, 6) is 0.670. The normalized spacial score (nSPS) is 13.2. The Hall–Kier alpha value is -2.02. The van der Waals surface area contributed by atoms with Gasteiger partial charge in [-0.3, -0.25) is 0 Å².